The zero-order valence-electron chi connectivity index (χ0n) is 21.2. The molecule has 1 N–H and O–H groups in total. The lowest BCUT2D eigenvalue weighted by Crippen LogP contribution is -2.60. The van der Waals surface area contributed by atoms with E-state index in [1.807, 2.05) is 31.2 Å². The lowest BCUT2D eigenvalue weighted by atomic mass is 9.99. The second-order valence-corrected chi connectivity index (χ2v) is 8.50. The summed E-state index contributed by atoms with van der Waals surface area (Å²) in [6.45, 7) is 2.28. The van der Waals surface area contributed by atoms with Gasteiger partial charge in [0.05, 0.1) is 11.8 Å². The number of benzene rings is 2. The Hall–Kier alpha value is -3.07. The number of hydrogen-bond acceptors (Lipinski definition) is 9. The van der Waals surface area contributed by atoms with E-state index in [-0.39, 0.29) is 24.1 Å². The number of aromatic nitrogens is 3. The van der Waals surface area contributed by atoms with E-state index in [1.54, 1.807) is 21.3 Å². The Balaban J connectivity index is 1.33. The number of rotatable bonds is 10. The molecule has 0 bridgehead atoms. The minimum absolute atomic E-state index is 0.263. The minimum Gasteiger partial charge on any atom is -0.406 e. The number of nitrogens with one attached hydrogen (secondary N) is 1. The smallest absolute Gasteiger partial charge is 0.406 e. The van der Waals surface area contributed by atoms with Crippen molar-refractivity contribution in [2.24, 2.45) is 0 Å². The van der Waals surface area contributed by atoms with Crippen LogP contribution in [0.3, 0.4) is 0 Å². The summed E-state index contributed by atoms with van der Waals surface area (Å²) in [4.78, 5) is 10.1. The predicted molar refractivity (Wildman–Crippen MR) is 128 cm³/mol. The molecule has 1 saturated heterocycles. The Morgan fingerprint density at radius 1 is 0.921 bits per heavy atom. The maximum absolute atomic E-state index is 12.4. The van der Waals surface area contributed by atoms with E-state index in [1.165, 1.54) is 35.3 Å². The van der Waals surface area contributed by atoms with E-state index in [0.29, 0.717) is 18.1 Å². The van der Waals surface area contributed by atoms with Gasteiger partial charge >= 0.3 is 6.36 Å². The fraction of sp³-hybridized carbons (Fsp3) is 0.440. The third kappa shape index (κ3) is 6.67. The molecule has 206 valence electrons. The van der Waals surface area contributed by atoms with Gasteiger partial charge in [-0.1, -0.05) is 24.3 Å². The standard InChI is InChI=1S/C25H29F3N4O6/c1-15-20(33-2)21(34-3)22(35-4)24(36-15)38-30-13-16-5-7-17(8-6-16)23-29-14-32(31-23)18-9-11-19(12-10-18)37-25(26,27)28/h5-12,14-15,20-22,24,30H,13H2,1-4H3. The van der Waals surface area contributed by atoms with Crippen molar-refractivity contribution in [3.8, 4) is 22.8 Å². The van der Waals surface area contributed by atoms with Crippen molar-refractivity contribution < 1.29 is 41.7 Å². The zero-order valence-corrected chi connectivity index (χ0v) is 21.2. The quantitative estimate of drug-likeness (QED) is 0.388. The summed E-state index contributed by atoms with van der Waals surface area (Å²) >= 11 is 0. The SMILES string of the molecule is COC1C(C)OC(ONCc2ccc(-c3ncn(-c4ccc(OC(F)(F)F)cc4)n3)cc2)C(OC)C1OC. The Labute approximate surface area is 217 Å². The first-order chi connectivity index (χ1) is 18.2. The van der Waals surface area contributed by atoms with Crippen molar-refractivity contribution >= 4 is 0 Å². The third-order valence-corrected chi connectivity index (χ3v) is 6.06. The molecule has 38 heavy (non-hydrogen) atoms. The fourth-order valence-electron chi connectivity index (χ4n) is 4.21. The molecule has 0 amide bonds. The van der Waals surface area contributed by atoms with Crippen molar-refractivity contribution in [1.82, 2.24) is 20.2 Å². The molecular weight excluding hydrogens is 509 g/mol. The number of methoxy groups -OCH3 is 3. The summed E-state index contributed by atoms with van der Waals surface area (Å²) in [5, 5.41) is 4.41. The molecule has 0 radical (unpaired) electrons. The summed E-state index contributed by atoms with van der Waals surface area (Å²) in [6, 6.07) is 12.9. The van der Waals surface area contributed by atoms with E-state index < -0.39 is 18.8 Å². The molecule has 0 spiro atoms. The Morgan fingerprint density at radius 2 is 1.58 bits per heavy atom. The molecule has 2 aromatic carbocycles. The molecule has 5 unspecified atom stereocenters. The van der Waals surface area contributed by atoms with Gasteiger partial charge < -0.3 is 23.7 Å². The van der Waals surface area contributed by atoms with E-state index in [2.05, 4.69) is 20.3 Å². The second-order valence-electron chi connectivity index (χ2n) is 8.50. The molecule has 10 nitrogen and oxygen atoms in total. The fourth-order valence-corrected chi connectivity index (χ4v) is 4.21. The predicted octanol–water partition coefficient (Wildman–Crippen LogP) is 3.64. The topological polar surface area (TPSA) is 98.1 Å². The van der Waals surface area contributed by atoms with Crippen LogP contribution in [0, 0.1) is 0 Å². The number of halogens is 3. The monoisotopic (exact) mass is 538 g/mol. The molecule has 4 rings (SSSR count). The van der Waals surface area contributed by atoms with Gasteiger partial charge in [0.25, 0.3) is 0 Å². The summed E-state index contributed by atoms with van der Waals surface area (Å²) in [6.07, 6.45) is -5.38. The highest BCUT2D eigenvalue weighted by Gasteiger charge is 2.46. The molecule has 0 saturated carbocycles. The average molecular weight is 539 g/mol. The number of nitrogens with zero attached hydrogens (tertiary/aromatic N) is 3. The molecule has 1 aliphatic heterocycles. The first-order valence-corrected chi connectivity index (χ1v) is 11.7. The normalized spacial score (nSPS) is 23.9. The van der Waals surface area contributed by atoms with Gasteiger partial charge in [-0.05, 0) is 36.8 Å². The van der Waals surface area contributed by atoms with Gasteiger partial charge in [0, 0.05) is 33.4 Å². The van der Waals surface area contributed by atoms with Gasteiger partial charge in [-0.25, -0.2) is 9.67 Å². The van der Waals surface area contributed by atoms with Crippen LogP contribution in [0.5, 0.6) is 5.75 Å². The van der Waals surface area contributed by atoms with E-state index >= 15 is 0 Å². The van der Waals surface area contributed by atoms with Crippen LogP contribution in [0.15, 0.2) is 54.9 Å². The molecule has 13 heteroatoms. The molecular formula is C25H29F3N4O6. The molecule has 1 fully saturated rings. The summed E-state index contributed by atoms with van der Waals surface area (Å²) in [7, 11) is 4.75. The molecule has 1 aliphatic rings. The molecule has 0 aliphatic carbocycles. The van der Waals surface area contributed by atoms with Crippen molar-refractivity contribution in [1.29, 1.82) is 0 Å². The summed E-state index contributed by atoms with van der Waals surface area (Å²) in [5.74, 6) is 0.150. The number of alkyl halides is 3. The number of hydroxylamine groups is 1. The highest BCUT2D eigenvalue weighted by Crippen LogP contribution is 2.27. The highest BCUT2D eigenvalue weighted by atomic mass is 19.4. The maximum atomic E-state index is 12.4. The Morgan fingerprint density at radius 3 is 2.18 bits per heavy atom. The maximum Gasteiger partial charge on any atom is 0.573 e. The van der Waals surface area contributed by atoms with Crippen LogP contribution in [0.1, 0.15) is 12.5 Å². The first kappa shape index (κ1) is 28.0. The van der Waals surface area contributed by atoms with Crippen molar-refractivity contribution in [3.05, 3.63) is 60.4 Å². The Bertz CT molecular complexity index is 1160. The minimum atomic E-state index is -4.74. The summed E-state index contributed by atoms with van der Waals surface area (Å²) < 4.78 is 65.0. The van der Waals surface area contributed by atoms with Crippen LogP contribution in [0.25, 0.3) is 17.1 Å². The third-order valence-electron chi connectivity index (χ3n) is 6.06. The molecule has 2 heterocycles. The van der Waals surface area contributed by atoms with Crippen LogP contribution >= 0.6 is 0 Å². The van der Waals surface area contributed by atoms with Gasteiger partial charge in [0.2, 0.25) is 6.29 Å². The molecule has 3 aromatic rings. The summed E-state index contributed by atoms with van der Waals surface area (Å²) in [5.41, 5.74) is 5.16. The first-order valence-electron chi connectivity index (χ1n) is 11.7. The van der Waals surface area contributed by atoms with E-state index in [4.69, 9.17) is 23.8 Å². The van der Waals surface area contributed by atoms with Crippen molar-refractivity contribution in [3.63, 3.8) is 0 Å². The van der Waals surface area contributed by atoms with Crippen LogP contribution in [-0.2, 0) is 30.3 Å². The van der Waals surface area contributed by atoms with Gasteiger partial charge in [-0.3, -0.25) is 4.84 Å². The lowest BCUT2D eigenvalue weighted by molar-refractivity contribution is -0.319. The average Bonchev–Trinajstić information content (AvgIpc) is 3.38. The zero-order chi connectivity index (χ0) is 27.3. The van der Waals surface area contributed by atoms with E-state index in [0.717, 1.165) is 11.1 Å². The second kappa shape index (κ2) is 12.2. The van der Waals surface area contributed by atoms with Crippen molar-refractivity contribution in [2.45, 2.75) is 50.5 Å². The van der Waals surface area contributed by atoms with Crippen LogP contribution in [0.4, 0.5) is 13.2 Å². The molecule has 1 aromatic heterocycles. The van der Waals surface area contributed by atoms with Gasteiger partial charge in [0.1, 0.15) is 30.4 Å². The van der Waals surface area contributed by atoms with Gasteiger partial charge in [-0.2, -0.15) is 5.48 Å². The largest absolute Gasteiger partial charge is 0.573 e. The van der Waals surface area contributed by atoms with Crippen molar-refractivity contribution in [2.75, 3.05) is 21.3 Å². The Kier molecular flexibility index (Phi) is 8.97. The lowest BCUT2D eigenvalue weighted by Gasteiger charge is -2.43. The number of ether oxygens (including phenoxy) is 5. The van der Waals surface area contributed by atoms with E-state index in [9.17, 15) is 13.2 Å². The highest BCUT2D eigenvalue weighted by molar-refractivity contribution is 5.55. The van der Waals surface area contributed by atoms with Crippen LogP contribution in [0.2, 0.25) is 0 Å². The van der Waals surface area contributed by atoms with Crippen LogP contribution < -0.4 is 10.2 Å². The van der Waals surface area contributed by atoms with Gasteiger partial charge in [-0.15, -0.1) is 18.3 Å². The molecule has 5 atom stereocenters. The number of hydrogen-bond donors (Lipinski definition) is 1. The van der Waals surface area contributed by atoms with Crippen LogP contribution in [-0.4, -0.2) is 73.2 Å². The van der Waals surface area contributed by atoms with Gasteiger partial charge in [0.15, 0.2) is 5.82 Å².